The summed E-state index contributed by atoms with van der Waals surface area (Å²) in [5, 5.41) is 4.29. The monoisotopic (exact) mass is 387 g/mol. The van der Waals surface area contributed by atoms with Gasteiger partial charge >= 0.3 is 0 Å². The fraction of sp³-hybridized carbons (Fsp3) is 0.364. The van der Waals surface area contributed by atoms with Crippen molar-refractivity contribution in [2.45, 2.75) is 19.0 Å². The van der Waals surface area contributed by atoms with Crippen molar-refractivity contribution >= 4 is 11.5 Å². The molecule has 2 aliphatic heterocycles. The maximum absolute atomic E-state index is 4.80. The highest BCUT2D eigenvalue weighted by atomic mass is 15.3. The summed E-state index contributed by atoms with van der Waals surface area (Å²) >= 11 is 0. The zero-order valence-corrected chi connectivity index (χ0v) is 17.1. The van der Waals surface area contributed by atoms with Crippen LogP contribution in [0.5, 0.6) is 0 Å². The molecule has 0 spiro atoms. The summed E-state index contributed by atoms with van der Waals surface area (Å²) in [4.78, 5) is 18.5. The lowest BCUT2D eigenvalue weighted by Crippen LogP contribution is -2.31. The molecule has 0 saturated carbocycles. The molecule has 1 atom stereocenters. The fourth-order valence-corrected chi connectivity index (χ4v) is 4.17. The third-order valence-corrected chi connectivity index (χ3v) is 5.92. The van der Waals surface area contributed by atoms with Crippen LogP contribution < -0.4 is 4.90 Å². The zero-order valence-electron chi connectivity index (χ0n) is 17.1. The number of hydrogen-bond acceptors (Lipinski definition) is 6. The standard InChI is InChI=1S/C22H25N7/c1-27(2)18-6-7-29(13-18)21-9-20(24-14-25-21)22-19-8-15(4-5-16(19)10-23-22)17-11-26-28(3)12-17/h4-5,8-9,11-12,14,18H,6-7,10,13H2,1-3H3/t18-/m0/s1. The Morgan fingerprint density at radius 1 is 1.10 bits per heavy atom. The fourth-order valence-electron chi connectivity index (χ4n) is 4.17. The largest absolute Gasteiger partial charge is 0.355 e. The van der Waals surface area contributed by atoms with E-state index in [0.717, 1.165) is 53.4 Å². The molecule has 1 aromatic carbocycles. The number of anilines is 1. The van der Waals surface area contributed by atoms with Gasteiger partial charge in [0.2, 0.25) is 0 Å². The van der Waals surface area contributed by atoms with Crippen LogP contribution in [0, 0.1) is 0 Å². The first kappa shape index (κ1) is 18.0. The van der Waals surface area contributed by atoms with E-state index in [-0.39, 0.29) is 0 Å². The second kappa shape index (κ2) is 7.08. The molecule has 3 aromatic rings. The maximum Gasteiger partial charge on any atom is 0.132 e. The molecule has 148 valence electrons. The summed E-state index contributed by atoms with van der Waals surface area (Å²) in [6, 6.07) is 9.17. The molecule has 2 aliphatic rings. The van der Waals surface area contributed by atoms with Gasteiger partial charge in [-0.25, -0.2) is 9.97 Å². The highest BCUT2D eigenvalue weighted by Gasteiger charge is 2.26. The maximum atomic E-state index is 4.80. The van der Waals surface area contributed by atoms with Crippen LogP contribution in [0.2, 0.25) is 0 Å². The SMILES string of the molecule is CN(C)[C@H]1CCN(c2cc(C3=NCc4ccc(-c5cnn(C)c5)cc43)ncn2)C1. The first-order chi connectivity index (χ1) is 14.1. The smallest absolute Gasteiger partial charge is 0.132 e. The first-order valence-corrected chi connectivity index (χ1v) is 9.99. The third-order valence-electron chi connectivity index (χ3n) is 5.92. The molecule has 0 amide bonds. The van der Waals surface area contributed by atoms with Gasteiger partial charge in [-0.1, -0.05) is 12.1 Å². The number of aryl methyl sites for hydroxylation is 1. The first-order valence-electron chi connectivity index (χ1n) is 9.99. The molecule has 1 fully saturated rings. The van der Waals surface area contributed by atoms with E-state index in [1.165, 1.54) is 5.56 Å². The lowest BCUT2D eigenvalue weighted by Gasteiger charge is -2.21. The van der Waals surface area contributed by atoms with Crippen molar-refractivity contribution in [3.63, 3.8) is 0 Å². The van der Waals surface area contributed by atoms with Gasteiger partial charge in [-0.2, -0.15) is 5.10 Å². The Bertz CT molecular complexity index is 1080. The molecule has 5 rings (SSSR count). The van der Waals surface area contributed by atoms with Crippen molar-refractivity contribution < 1.29 is 0 Å². The van der Waals surface area contributed by atoms with E-state index >= 15 is 0 Å². The quantitative estimate of drug-likeness (QED) is 0.688. The van der Waals surface area contributed by atoms with Gasteiger partial charge in [-0.05, 0) is 37.7 Å². The Kier molecular flexibility index (Phi) is 4.39. The zero-order chi connectivity index (χ0) is 20.0. The van der Waals surface area contributed by atoms with Crippen molar-refractivity contribution in [2.24, 2.45) is 12.0 Å². The normalized spacial score (nSPS) is 18.4. The summed E-state index contributed by atoms with van der Waals surface area (Å²) in [6.45, 7) is 2.72. The van der Waals surface area contributed by atoms with Crippen LogP contribution in [0.1, 0.15) is 23.2 Å². The van der Waals surface area contributed by atoms with Crippen molar-refractivity contribution in [3.8, 4) is 11.1 Å². The Balaban J connectivity index is 1.45. The minimum Gasteiger partial charge on any atom is -0.355 e. The van der Waals surface area contributed by atoms with E-state index in [2.05, 4.69) is 63.2 Å². The van der Waals surface area contributed by atoms with Crippen LogP contribution in [-0.4, -0.2) is 63.6 Å². The third kappa shape index (κ3) is 3.31. The van der Waals surface area contributed by atoms with Crippen molar-refractivity contribution in [1.82, 2.24) is 24.6 Å². The Morgan fingerprint density at radius 3 is 2.76 bits per heavy atom. The minimum absolute atomic E-state index is 0.569. The second-order valence-corrected chi connectivity index (χ2v) is 8.05. The van der Waals surface area contributed by atoms with Gasteiger partial charge in [0.25, 0.3) is 0 Å². The molecule has 0 bridgehead atoms. The number of fused-ring (bicyclic) bond motifs is 1. The lowest BCUT2D eigenvalue weighted by molar-refractivity contribution is 0.315. The molecule has 0 radical (unpaired) electrons. The predicted octanol–water partition coefficient (Wildman–Crippen LogP) is 2.37. The van der Waals surface area contributed by atoms with Crippen molar-refractivity contribution in [3.05, 3.63) is 59.8 Å². The summed E-state index contributed by atoms with van der Waals surface area (Å²) in [7, 11) is 6.22. The topological polar surface area (TPSA) is 62.4 Å². The number of aromatic nitrogens is 4. The number of hydrogen-bond donors (Lipinski definition) is 0. The van der Waals surface area contributed by atoms with E-state index < -0.39 is 0 Å². The number of aliphatic imine (C=N–C) groups is 1. The summed E-state index contributed by atoms with van der Waals surface area (Å²) in [6.07, 6.45) is 6.75. The minimum atomic E-state index is 0.569. The van der Waals surface area contributed by atoms with Crippen LogP contribution >= 0.6 is 0 Å². The van der Waals surface area contributed by atoms with Crippen LogP contribution in [-0.2, 0) is 13.6 Å². The van der Waals surface area contributed by atoms with E-state index in [1.54, 1.807) is 6.33 Å². The molecule has 2 aromatic heterocycles. The summed E-state index contributed by atoms with van der Waals surface area (Å²) in [5.74, 6) is 0.985. The molecule has 7 heteroatoms. The molecule has 0 N–H and O–H groups in total. The predicted molar refractivity (Wildman–Crippen MR) is 114 cm³/mol. The van der Waals surface area contributed by atoms with Gasteiger partial charge in [0.15, 0.2) is 0 Å². The van der Waals surface area contributed by atoms with E-state index in [4.69, 9.17) is 4.99 Å². The molecule has 0 unspecified atom stereocenters. The molecule has 29 heavy (non-hydrogen) atoms. The van der Waals surface area contributed by atoms with Gasteiger partial charge in [0.05, 0.1) is 24.1 Å². The summed E-state index contributed by atoms with van der Waals surface area (Å²) in [5.41, 5.74) is 6.50. The molecule has 7 nitrogen and oxygen atoms in total. The molecule has 4 heterocycles. The van der Waals surface area contributed by atoms with E-state index in [1.807, 2.05) is 24.1 Å². The van der Waals surface area contributed by atoms with E-state index in [9.17, 15) is 0 Å². The van der Waals surface area contributed by atoms with Crippen molar-refractivity contribution in [2.75, 3.05) is 32.1 Å². The van der Waals surface area contributed by atoms with Crippen LogP contribution in [0.25, 0.3) is 11.1 Å². The average Bonchev–Trinajstić information content (AvgIpc) is 3.47. The number of rotatable bonds is 4. The van der Waals surface area contributed by atoms with Gasteiger partial charge in [0.1, 0.15) is 12.1 Å². The Morgan fingerprint density at radius 2 is 2.00 bits per heavy atom. The molecular formula is C22H25N7. The van der Waals surface area contributed by atoms with Gasteiger partial charge in [-0.15, -0.1) is 0 Å². The van der Waals surface area contributed by atoms with Gasteiger partial charge in [-0.3, -0.25) is 9.67 Å². The van der Waals surface area contributed by atoms with Crippen LogP contribution in [0.4, 0.5) is 5.82 Å². The summed E-state index contributed by atoms with van der Waals surface area (Å²) < 4.78 is 1.82. The van der Waals surface area contributed by atoms with Crippen molar-refractivity contribution in [1.29, 1.82) is 0 Å². The highest BCUT2D eigenvalue weighted by molar-refractivity contribution is 6.14. The molecule has 0 aliphatic carbocycles. The number of likely N-dealkylation sites (N-methyl/N-ethyl adjacent to an activating group) is 1. The van der Waals surface area contributed by atoms with E-state index in [0.29, 0.717) is 12.6 Å². The Labute approximate surface area is 170 Å². The second-order valence-electron chi connectivity index (χ2n) is 8.05. The lowest BCUT2D eigenvalue weighted by atomic mass is 9.98. The average molecular weight is 387 g/mol. The van der Waals surface area contributed by atoms with Gasteiger partial charge in [0, 0.05) is 49.6 Å². The highest BCUT2D eigenvalue weighted by Crippen LogP contribution is 2.29. The molecule has 1 saturated heterocycles. The molecular weight excluding hydrogens is 362 g/mol. The number of nitrogens with zero attached hydrogens (tertiary/aromatic N) is 7. The van der Waals surface area contributed by atoms with Gasteiger partial charge < -0.3 is 9.80 Å². The Hall–Kier alpha value is -3.06. The number of benzene rings is 1. The van der Waals surface area contributed by atoms with Crippen LogP contribution in [0.3, 0.4) is 0 Å². The van der Waals surface area contributed by atoms with Crippen LogP contribution in [0.15, 0.2) is 48.0 Å².